The minimum absolute atomic E-state index is 0.0748. The molecule has 0 spiro atoms. The van der Waals surface area contributed by atoms with Gasteiger partial charge in [-0.2, -0.15) is 0 Å². The summed E-state index contributed by atoms with van der Waals surface area (Å²) >= 11 is 0. The van der Waals surface area contributed by atoms with Crippen molar-refractivity contribution < 1.29 is 24.5 Å². The Labute approximate surface area is 106 Å². The van der Waals surface area contributed by atoms with Crippen LogP contribution in [0.1, 0.15) is 23.7 Å². The standard InChI is InChI=1S/C13H18O5/c1-2-5-17-12-4-3-10(7-14)13(6-12)18-9-11(16)8-15/h3-4,6-7,11,15-16H,2,5,8-9H2,1H3. The third kappa shape index (κ3) is 4.35. The van der Waals surface area contributed by atoms with Crippen LogP contribution in [0.4, 0.5) is 0 Å². The highest BCUT2D eigenvalue weighted by Crippen LogP contribution is 2.24. The molecule has 0 saturated heterocycles. The molecule has 2 N–H and O–H groups in total. The van der Waals surface area contributed by atoms with Crippen molar-refractivity contribution in [2.45, 2.75) is 19.4 Å². The van der Waals surface area contributed by atoms with Gasteiger partial charge >= 0.3 is 0 Å². The second-order valence-corrected chi connectivity index (χ2v) is 3.81. The average Bonchev–Trinajstić information content (AvgIpc) is 2.42. The number of ether oxygens (including phenoxy) is 2. The molecule has 1 aromatic carbocycles. The van der Waals surface area contributed by atoms with Gasteiger partial charge in [0.1, 0.15) is 24.2 Å². The number of benzene rings is 1. The number of carbonyl (C=O) groups excluding carboxylic acids is 1. The van der Waals surface area contributed by atoms with Crippen LogP contribution in [0, 0.1) is 0 Å². The van der Waals surface area contributed by atoms with Gasteiger partial charge in [-0.1, -0.05) is 6.92 Å². The first-order valence-electron chi connectivity index (χ1n) is 5.85. The fourth-order valence-corrected chi connectivity index (χ4v) is 1.29. The van der Waals surface area contributed by atoms with Crippen molar-refractivity contribution >= 4 is 6.29 Å². The number of aliphatic hydroxyl groups is 2. The maximum atomic E-state index is 10.8. The van der Waals surface area contributed by atoms with E-state index in [1.54, 1.807) is 18.2 Å². The Morgan fingerprint density at radius 2 is 2.17 bits per heavy atom. The van der Waals surface area contributed by atoms with Gasteiger partial charge in [0.15, 0.2) is 6.29 Å². The molecular weight excluding hydrogens is 236 g/mol. The summed E-state index contributed by atoms with van der Waals surface area (Å²) in [6.07, 6.45) is 0.587. The monoisotopic (exact) mass is 254 g/mol. The highest BCUT2D eigenvalue weighted by Gasteiger charge is 2.08. The van der Waals surface area contributed by atoms with Crippen molar-refractivity contribution in [3.8, 4) is 11.5 Å². The Bertz CT molecular complexity index is 378. The number of rotatable bonds is 8. The summed E-state index contributed by atoms with van der Waals surface area (Å²) in [6.45, 7) is 2.12. The van der Waals surface area contributed by atoms with Crippen LogP contribution in [0.3, 0.4) is 0 Å². The summed E-state index contributed by atoms with van der Waals surface area (Å²) in [6, 6.07) is 4.89. The number of carbonyl (C=O) groups is 1. The second kappa shape index (κ2) is 7.68. The molecule has 0 radical (unpaired) electrons. The van der Waals surface area contributed by atoms with Gasteiger partial charge in [-0.25, -0.2) is 0 Å². The minimum Gasteiger partial charge on any atom is -0.493 e. The zero-order valence-electron chi connectivity index (χ0n) is 10.3. The van der Waals surface area contributed by atoms with Crippen molar-refractivity contribution in [2.75, 3.05) is 19.8 Å². The quantitative estimate of drug-likeness (QED) is 0.677. The third-order valence-electron chi connectivity index (χ3n) is 2.23. The van der Waals surface area contributed by atoms with Crippen LogP contribution in [-0.4, -0.2) is 42.4 Å². The molecule has 1 aromatic rings. The van der Waals surface area contributed by atoms with Crippen LogP contribution < -0.4 is 9.47 Å². The SMILES string of the molecule is CCCOc1ccc(C=O)c(OCC(O)CO)c1. The third-order valence-corrected chi connectivity index (χ3v) is 2.23. The fraction of sp³-hybridized carbons (Fsp3) is 0.462. The zero-order chi connectivity index (χ0) is 13.4. The van der Waals surface area contributed by atoms with Gasteiger partial charge in [0, 0.05) is 6.07 Å². The van der Waals surface area contributed by atoms with Crippen LogP contribution in [0.5, 0.6) is 11.5 Å². The van der Waals surface area contributed by atoms with Crippen molar-refractivity contribution in [2.24, 2.45) is 0 Å². The van der Waals surface area contributed by atoms with Crippen molar-refractivity contribution in [1.29, 1.82) is 0 Å². The Morgan fingerprint density at radius 1 is 1.39 bits per heavy atom. The lowest BCUT2D eigenvalue weighted by Gasteiger charge is -2.13. The molecule has 0 amide bonds. The van der Waals surface area contributed by atoms with Gasteiger partial charge in [0.2, 0.25) is 0 Å². The first kappa shape index (κ1) is 14.5. The Morgan fingerprint density at radius 3 is 2.78 bits per heavy atom. The number of aliphatic hydroxyl groups excluding tert-OH is 2. The summed E-state index contributed by atoms with van der Waals surface area (Å²) in [5.41, 5.74) is 0.379. The Balaban J connectivity index is 2.75. The molecule has 5 nitrogen and oxygen atoms in total. The molecule has 0 saturated carbocycles. The molecule has 1 rings (SSSR count). The molecule has 0 aliphatic heterocycles. The molecule has 0 aliphatic rings. The molecule has 1 unspecified atom stereocenters. The summed E-state index contributed by atoms with van der Waals surface area (Å²) in [5, 5.41) is 17.9. The molecule has 0 heterocycles. The highest BCUT2D eigenvalue weighted by molar-refractivity contribution is 5.79. The highest BCUT2D eigenvalue weighted by atomic mass is 16.5. The fourth-order valence-electron chi connectivity index (χ4n) is 1.29. The van der Waals surface area contributed by atoms with Crippen LogP contribution in [0.15, 0.2) is 18.2 Å². The van der Waals surface area contributed by atoms with Crippen molar-refractivity contribution in [1.82, 2.24) is 0 Å². The Kier molecular flexibility index (Phi) is 6.18. The number of hydrogen-bond acceptors (Lipinski definition) is 5. The zero-order valence-corrected chi connectivity index (χ0v) is 10.3. The van der Waals surface area contributed by atoms with E-state index >= 15 is 0 Å². The van der Waals surface area contributed by atoms with Crippen LogP contribution in [0.2, 0.25) is 0 Å². The van der Waals surface area contributed by atoms with Crippen LogP contribution in [-0.2, 0) is 0 Å². The molecule has 0 aliphatic carbocycles. The number of hydrogen-bond donors (Lipinski definition) is 2. The summed E-state index contributed by atoms with van der Waals surface area (Å²) in [5.74, 6) is 0.946. The maximum absolute atomic E-state index is 10.8. The lowest BCUT2D eigenvalue weighted by Crippen LogP contribution is -2.21. The van der Waals surface area contributed by atoms with E-state index in [0.717, 1.165) is 6.42 Å². The van der Waals surface area contributed by atoms with Crippen molar-refractivity contribution in [3.63, 3.8) is 0 Å². The number of aldehydes is 1. The maximum Gasteiger partial charge on any atom is 0.153 e. The molecule has 1 atom stereocenters. The molecule has 5 heteroatoms. The van der Waals surface area contributed by atoms with E-state index < -0.39 is 6.10 Å². The van der Waals surface area contributed by atoms with E-state index in [-0.39, 0.29) is 13.2 Å². The smallest absolute Gasteiger partial charge is 0.153 e. The lowest BCUT2D eigenvalue weighted by molar-refractivity contribution is 0.0532. The van der Waals surface area contributed by atoms with Gasteiger partial charge in [-0.05, 0) is 18.6 Å². The van der Waals surface area contributed by atoms with Crippen LogP contribution >= 0.6 is 0 Å². The summed E-state index contributed by atoms with van der Waals surface area (Å²) < 4.78 is 10.7. The van der Waals surface area contributed by atoms with E-state index in [4.69, 9.17) is 14.6 Å². The molecule has 0 aromatic heterocycles. The minimum atomic E-state index is -0.968. The van der Waals surface area contributed by atoms with E-state index in [2.05, 4.69) is 0 Å². The largest absolute Gasteiger partial charge is 0.493 e. The van der Waals surface area contributed by atoms with E-state index in [9.17, 15) is 9.90 Å². The summed E-state index contributed by atoms with van der Waals surface area (Å²) in [4.78, 5) is 10.8. The van der Waals surface area contributed by atoms with Gasteiger partial charge in [-0.3, -0.25) is 4.79 Å². The average molecular weight is 254 g/mol. The Hall–Kier alpha value is -1.59. The van der Waals surface area contributed by atoms with E-state index in [0.29, 0.717) is 30.0 Å². The van der Waals surface area contributed by atoms with Gasteiger partial charge in [0.05, 0.1) is 18.8 Å². The topological polar surface area (TPSA) is 76.0 Å². The van der Waals surface area contributed by atoms with Crippen molar-refractivity contribution in [3.05, 3.63) is 23.8 Å². The van der Waals surface area contributed by atoms with Gasteiger partial charge in [0.25, 0.3) is 0 Å². The second-order valence-electron chi connectivity index (χ2n) is 3.81. The first-order valence-corrected chi connectivity index (χ1v) is 5.85. The molecular formula is C13H18O5. The molecule has 18 heavy (non-hydrogen) atoms. The lowest BCUT2D eigenvalue weighted by atomic mass is 10.2. The first-order chi connectivity index (χ1) is 8.71. The van der Waals surface area contributed by atoms with E-state index in [1.165, 1.54) is 0 Å². The van der Waals surface area contributed by atoms with Gasteiger partial charge < -0.3 is 19.7 Å². The predicted molar refractivity (Wildman–Crippen MR) is 66.2 cm³/mol. The molecule has 0 bridgehead atoms. The normalized spacial score (nSPS) is 11.9. The van der Waals surface area contributed by atoms with E-state index in [1.807, 2.05) is 6.92 Å². The predicted octanol–water partition coefficient (Wildman–Crippen LogP) is 1.02. The summed E-state index contributed by atoms with van der Waals surface area (Å²) in [7, 11) is 0. The molecule has 100 valence electrons. The molecule has 0 fully saturated rings. The van der Waals surface area contributed by atoms with Crippen LogP contribution in [0.25, 0.3) is 0 Å². The van der Waals surface area contributed by atoms with Gasteiger partial charge in [-0.15, -0.1) is 0 Å².